The summed E-state index contributed by atoms with van der Waals surface area (Å²) in [6, 6.07) is 0. The molecule has 0 aromatic carbocycles. The van der Waals surface area contributed by atoms with E-state index in [0.29, 0.717) is 5.78 Å². The molecule has 0 atom stereocenters. The van der Waals surface area contributed by atoms with Crippen LogP contribution in [0.15, 0.2) is 0 Å². The van der Waals surface area contributed by atoms with Crippen LogP contribution in [0.4, 0.5) is 0 Å². The first-order valence-corrected chi connectivity index (χ1v) is 6.00. The van der Waals surface area contributed by atoms with Crippen molar-refractivity contribution in [3.8, 4) is 0 Å². The summed E-state index contributed by atoms with van der Waals surface area (Å²) in [6.07, 6.45) is 5.46. The van der Waals surface area contributed by atoms with E-state index in [-0.39, 0.29) is 0 Å². The van der Waals surface area contributed by atoms with Gasteiger partial charge in [-0.05, 0) is 25.4 Å². The first kappa shape index (κ1) is 11.7. The van der Waals surface area contributed by atoms with Gasteiger partial charge in [-0.1, -0.05) is 26.7 Å². The Hall–Kier alpha value is -0.370. The third kappa shape index (κ3) is 4.75. The van der Waals surface area contributed by atoms with Crippen molar-refractivity contribution in [1.29, 1.82) is 0 Å². The second-order valence-electron chi connectivity index (χ2n) is 4.30. The highest BCUT2D eigenvalue weighted by molar-refractivity contribution is 5.78. The van der Waals surface area contributed by atoms with E-state index in [9.17, 15) is 4.79 Å². The summed E-state index contributed by atoms with van der Waals surface area (Å²) in [5.74, 6) is 1.36. The average Bonchev–Trinajstić information content (AvgIpc) is 3.00. The minimum atomic E-state index is 0.462. The molecule has 1 saturated carbocycles. The van der Waals surface area contributed by atoms with Crippen LogP contribution in [0, 0.1) is 5.92 Å². The fourth-order valence-electron chi connectivity index (χ4n) is 1.72. The Balaban J connectivity index is 2.00. The van der Waals surface area contributed by atoms with Gasteiger partial charge in [-0.25, -0.2) is 0 Å². The van der Waals surface area contributed by atoms with E-state index >= 15 is 0 Å². The van der Waals surface area contributed by atoms with Crippen molar-refractivity contribution in [2.45, 2.75) is 46.0 Å². The lowest BCUT2D eigenvalue weighted by atomic mass is 10.1. The van der Waals surface area contributed by atoms with Crippen molar-refractivity contribution in [1.82, 2.24) is 4.90 Å². The highest BCUT2D eigenvalue weighted by Gasteiger charge is 2.21. The Bertz CT molecular complexity index is 171. The maximum atomic E-state index is 11.5. The van der Waals surface area contributed by atoms with E-state index in [2.05, 4.69) is 18.7 Å². The summed E-state index contributed by atoms with van der Waals surface area (Å²) in [5, 5.41) is 0. The zero-order valence-electron chi connectivity index (χ0n) is 9.59. The molecular weight excluding hydrogens is 174 g/mol. The Morgan fingerprint density at radius 2 is 1.86 bits per heavy atom. The zero-order valence-corrected chi connectivity index (χ0v) is 9.59. The summed E-state index contributed by atoms with van der Waals surface area (Å²) in [4.78, 5) is 13.8. The fourth-order valence-corrected chi connectivity index (χ4v) is 1.72. The maximum absolute atomic E-state index is 11.5. The highest BCUT2D eigenvalue weighted by Crippen LogP contribution is 2.33. The van der Waals surface area contributed by atoms with Gasteiger partial charge in [0.05, 0.1) is 0 Å². The second-order valence-corrected chi connectivity index (χ2v) is 4.30. The lowest BCUT2D eigenvalue weighted by Gasteiger charge is -2.16. The quantitative estimate of drug-likeness (QED) is 0.596. The number of hydrogen-bond donors (Lipinski definition) is 0. The summed E-state index contributed by atoms with van der Waals surface area (Å²) >= 11 is 0. The van der Waals surface area contributed by atoms with Gasteiger partial charge in [-0.3, -0.25) is 4.79 Å². The first-order chi connectivity index (χ1) is 6.76. The smallest absolute Gasteiger partial charge is 0.134 e. The van der Waals surface area contributed by atoms with E-state index in [1.807, 2.05) is 0 Å². The largest absolute Gasteiger partial charge is 0.303 e. The molecule has 0 bridgehead atoms. The molecule has 0 aromatic rings. The molecule has 2 nitrogen and oxygen atoms in total. The number of nitrogens with zero attached hydrogens (tertiary/aromatic N) is 1. The van der Waals surface area contributed by atoms with Gasteiger partial charge in [0.2, 0.25) is 0 Å². The minimum Gasteiger partial charge on any atom is -0.303 e. The molecule has 0 unspecified atom stereocenters. The van der Waals surface area contributed by atoms with Crippen LogP contribution in [0.2, 0.25) is 0 Å². The molecule has 0 heterocycles. The Kier molecular flexibility index (Phi) is 5.16. The molecule has 0 saturated heterocycles. The van der Waals surface area contributed by atoms with Crippen LogP contribution in [0.1, 0.15) is 46.0 Å². The number of Topliss-reactive ketones (excluding diaryl/α,β-unsaturated/α-hetero) is 1. The number of ketones is 1. The van der Waals surface area contributed by atoms with E-state index in [1.165, 1.54) is 12.8 Å². The monoisotopic (exact) mass is 197 g/mol. The van der Waals surface area contributed by atoms with Crippen LogP contribution in [0.3, 0.4) is 0 Å². The van der Waals surface area contributed by atoms with Gasteiger partial charge in [-0.2, -0.15) is 0 Å². The van der Waals surface area contributed by atoms with Gasteiger partial charge >= 0.3 is 0 Å². The lowest BCUT2D eigenvalue weighted by molar-refractivity contribution is -0.119. The molecule has 1 aliphatic carbocycles. The summed E-state index contributed by atoms with van der Waals surface area (Å²) in [6.45, 7) is 7.38. The van der Waals surface area contributed by atoms with Gasteiger partial charge in [0, 0.05) is 19.4 Å². The molecule has 0 aliphatic heterocycles. The molecule has 0 amide bonds. The van der Waals surface area contributed by atoms with Gasteiger partial charge in [-0.15, -0.1) is 0 Å². The molecule has 0 spiro atoms. The molecule has 14 heavy (non-hydrogen) atoms. The number of rotatable bonds is 8. The predicted molar refractivity (Wildman–Crippen MR) is 59.4 cm³/mol. The normalized spacial score (nSPS) is 16.2. The molecule has 0 radical (unpaired) electrons. The number of carbonyl (C=O) groups excluding carboxylic acids is 1. The van der Waals surface area contributed by atoms with E-state index in [4.69, 9.17) is 0 Å². The van der Waals surface area contributed by atoms with E-state index in [1.54, 1.807) is 0 Å². The first-order valence-electron chi connectivity index (χ1n) is 6.00. The van der Waals surface area contributed by atoms with Gasteiger partial charge in [0.25, 0.3) is 0 Å². The molecule has 0 N–H and O–H groups in total. The highest BCUT2D eigenvalue weighted by atomic mass is 16.1. The van der Waals surface area contributed by atoms with Crippen molar-refractivity contribution < 1.29 is 4.79 Å². The van der Waals surface area contributed by atoms with E-state index in [0.717, 1.165) is 44.8 Å². The summed E-state index contributed by atoms with van der Waals surface area (Å²) in [7, 11) is 0. The fraction of sp³-hybridized carbons (Fsp3) is 0.917. The van der Waals surface area contributed by atoms with Crippen LogP contribution in [0.5, 0.6) is 0 Å². The Labute approximate surface area is 87.7 Å². The second kappa shape index (κ2) is 6.18. The molecule has 1 aliphatic rings. The minimum absolute atomic E-state index is 0.462. The van der Waals surface area contributed by atoms with Crippen LogP contribution >= 0.6 is 0 Å². The lowest BCUT2D eigenvalue weighted by Crippen LogP contribution is -2.25. The van der Waals surface area contributed by atoms with Crippen molar-refractivity contribution in [3.63, 3.8) is 0 Å². The standard InChI is InChI=1S/C12H23NO/c1-3-13(4-2)10-9-12(14)8-7-11-5-6-11/h11H,3-10H2,1-2H3. The number of hydrogen-bond acceptors (Lipinski definition) is 2. The molecule has 0 aromatic heterocycles. The third-order valence-corrected chi connectivity index (χ3v) is 3.13. The van der Waals surface area contributed by atoms with Crippen LogP contribution in [-0.4, -0.2) is 30.3 Å². The topological polar surface area (TPSA) is 20.3 Å². The van der Waals surface area contributed by atoms with Gasteiger partial charge in [0.1, 0.15) is 5.78 Å². The van der Waals surface area contributed by atoms with Crippen molar-refractivity contribution in [3.05, 3.63) is 0 Å². The SMILES string of the molecule is CCN(CC)CCC(=O)CCC1CC1. The predicted octanol–water partition coefficient (Wildman–Crippen LogP) is 2.48. The van der Waals surface area contributed by atoms with Crippen molar-refractivity contribution in [2.75, 3.05) is 19.6 Å². The molecular formula is C12H23NO. The molecule has 1 fully saturated rings. The maximum Gasteiger partial charge on any atom is 0.134 e. The summed E-state index contributed by atoms with van der Waals surface area (Å²) < 4.78 is 0. The Morgan fingerprint density at radius 1 is 1.21 bits per heavy atom. The van der Waals surface area contributed by atoms with Crippen LogP contribution in [-0.2, 0) is 4.79 Å². The average molecular weight is 197 g/mol. The van der Waals surface area contributed by atoms with Gasteiger partial charge < -0.3 is 4.90 Å². The Morgan fingerprint density at radius 3 is 2.36 bits per heavy atom. The molecule has 1 rings (SSSR count). The van der Waals surface area contributed by atoms with Crippen LogP contribution in [0.25, 0.3) is 0 Å². The van der Waals surface area contributed by atoms with Crippen molar-refractivity contribution in [2.24, 2.45) is 5.92 Å². The number of carbonyl (C=O) groups is 1. The zero-order chi connectivity index (χ0) is 10.4. The molecule has 2 heteroatoms. The van der Waals surface area contributed by atoms with E-state index < -0.39 is 0 Å². The van der Waals surface area contributed by atoms with Crippen LogP contribution < -0.4 is 0 Å². The van der Waals surface area contributed by atoms with Crippen molar-refractivity contribution >= 4 is 5.78 Å². The third-order valence-electron chi connectivity index (χ3n) is 3.13. The summed E-state index contributed by atoms with van der Waals surface area (Å²) in [5.41, 5.74) is 0. The molecule has 82 valence electrons. The van der Waals surface area contributed by atoms with Gasteiger partial charge in [0.15, 0.2) is 0 Å².